The standard InChI is InChI=1S/C23H15F2NO4/c24-15-8-16(25)10-17(9-15)26-12-20(23(28)29)22(27)19-7-6-18(11-21(19)26)30-13-14-4-2-1-3-5-14/h1-12H,13H2,(H,28,29). The number of fused-ring (bicyclic) bond motifs is 1. The van der Waals surface area contributed by atoms with E-state index in [0.717, 1.165) is 23.9 Å². The fourth-order valence-corrected chi connectivity index (χ4v) is 3.18. The van der Waals surface area contributed by atoms with E-state index in [9.17, 15) is 23.5 Å². The summed E-state index contributed by atoms with van der Waals surface area (Å²) < 4.78 is 34.6. The van der Waals surface area contributed by atoms with Gasteiger partial charge in [0.1, 0.15) is 29.6 Å². The van der Waals surface area contributed by atoms with Gasteiger partial charge in [0, 0.05) is 23.7 Å². The molecule has 4 aromatic rings. The van der Waals surface area contributed by atoms with Gasteiger partial charge in [0.2, 0.25) is 5.43 Å². The number of aromatic carboxylic acids is 1. The molecule has 150 valence electrons. The molecular weight excluding hydrogens is 392 g/mol. The van der Waals surface area contributed by atoms with Crippen molar-refractivity contribution in [2.75, 3.05) is 0 Å². The minimum absolute atomic E-state index is 0.0419. The number of aromatic nitrogens is 1. The lowest BCUT2D eigenvalue weighted by Gasteiger charge is -2.14. The van der Waals surface area contributed by atoms with Crippen LogP contribution in [0.1, 0.15) is 15.9 Å². The van der Waals surface area contributed by atoms with Crippen molar-refractivity contribution < 1.29 is 23.4 Å². The number of carbonyl (C=O) groups is 1. The van der Waals surface area contributed by atoms with Crippen LogP contribution in [0.2, 0.25) is 0 Å². The molecule has 0 saturated heterocycles. The first-order valence-corrected chi connectivity index (χ1v) is 8.98. The highest BCUT2D eigenvalue weighted by atomic mass is 19.1. The molecule has 0 radical (unpaired) electrons. The van der Waals surface area contributed by atoms with E-state index in [0.29, 0.717) is 11.8 Å². The van der Waals surface area contributed by atoms with Crippen LogP contribution in [0.5, 0.6) is 5.75 Å². The average Bonchev–Trinajstić information content (AvgIpc) is 2.72. The van der Waals surface area contributed by atoms with E-state index in [2.05, 4.69) is 0 Å². The van der Waals surface area contributed by atoms with Crippen LogP contribution >= 0.6 is 0 Å². The zero-order valence-electron chi connectivity index (χ0n) is 15.5. The lowest BCUT2D eigenvalue weighted by atomic mass is 10.1. The Morgan fingerprint density at radius 3 is 2.33 bits per heavy atom. The monoisotopic (exact) mass is 407 g/mol. The summed E-state index contributed by atoms with van der Waals surface area (Å²) in [6.07, 6.45) is 1.06. The molecule has 0 amide bonds. The smallest absolute Gasteiger partial charge is 0.341 e. The molecule has 0 saturated carbocycles. The Bertz CT molecular complexity index is 1300. The van der Waals surface area contributed by atoms with Crippen molar-refractivity contribution in [3.8, 4) is 11.4 Å². The molecular formula is C23H15F2NO4. The van der Waals surface area contributed by atoms with Gasteiger partial charge < -0.3 is 14.4 Å². The SMILES string of the molecule is O=C(O)c1cn(-c2cc(F)cc(F)c2)c2cc(OCc3ccccc3)ccc2c1=O. The van der Waals surface area contributed by atoms with E-state index < -0.39 is 28.6 Å². The zero-order chi connectivity index (χ0) is 21.3. The maximum atomic E-state index is 13.8. The molecule has 1 N–H and O–H groups in total. The van der Waals surface area contributed by atoms with Crippen LogP contribution in [-0.2, 0) is 6.61 Å². The Balaban J connectivity index is 1.87. The number of pyridine rings is 1. The molecule has 1 heterocycles. The summed E-state index contributed by atoms with van der Waals surface area (Å²) in [5, 5.41) is 9.47. The van der Waals surface area contributed by atoms with Gasteiger partial charge in [-0.3, -0.25) is 4.79 Å². The number of halogens is 2. The second-order valence-electron chi connectivity index (χ2n) is 6.63. The molecule has 0 aliphatic rings. The maximum Gasteiger partial charge on any atom is 0.341 e. The Morgan fingerprint density at radius 2 is 1.67 bits per heavy atom. The molecule has 0 unspecified atom stereocenters. The van der Waals surface area contributed by atoms with Gasteiger partial charge in [0.15, 0.2) is 0 Å². The molecule has 3 aromatic carbocycles. The Kier molecular flexibility index (Phi) is 5.02. The van der Waals surface area contributed by atoms with E-state index >= 15 is 0 Å². The topological polar surface area (TPSA) is 68.5 Å². The maximum absolute atomic E-state index is 13.8. The Morgan fingerprint density at radius 1 is 0.967 bits per heavy atom. The number of hydrogen-bond donors (Lipinski definition) is 1. The first-order valence-electron chi connectivity index (χ1n) is 8.98. The van der Waals surface area contributed by atoms with E-state index in [1.54, 1.807) is 6.07 Å². The summed E-state index contributed by atoms with van der Waals surface area (Å²) in [6, 6.07) is 16.8. The summed E-state index contributed by atoms with van der Waals surface area (Å²) in [7, 11) is 0. The number of rotatable bonds is 5. The van der Waals surface area contributed by atoms with Crippen molar-refractivity contribution in [1.82, 2.24) is 4.57 Å². The van der Waals surface area contributed by atoms with Gasteiger partial charge in [0.05, 0.1) is 11.2 Å². The number of carboxylic acids is 1. The molecule has 0 spiro atoms. The lowest BCUT2D eigenvalue weighted by molar-refractivity contribution is 0.0695. The van der Waals surface area contributed by atoms with E-state index in [1.165, 1.54) is 16.7 Å². The fraction of sp³-hybridized carbons (Fsp3) is 0.0435. The molecule has 5 nitrogen and oxygen atoms in total. The van der Waals surface area contributed by atoms with Crippen molar-refractivity contribution in [3.63, 3.8) is 0 Å². The van der Waals surface area contributed by atoms with Gasteiger partial charge in [-0.2, -0.15) is 0 Å². The molecule has 1 aromatic heterocycles. The minimum atomic E-state index is -1.43. The van der Waals surface area contributed by atoms with Crippen molar-refractivity contribution in [2.45, 2.75) is 6.61 Å². The van der Waals surface area contributed by atoms with Crippen molar-refractivity contribution in [3.05, 3.63) is 106 Å². The van der Waals surface area contributed by atoms with Crippen LogP contribution in [-0.4, -0.2) is 15.6 Å². The van der Waals surface area contributed by atoms with Crippen LogP contribution in [0, 0.1) is 11.6 Å². The molecule has 0 bridgehead atoms. The lowest BCUT2D eigenvalue weighted by Crippen LogP contribution is -2.18. The van der Waals surface area contributed by atoms with Crippen molar-refractivity contribution in [1.29, 1.82) is 0 Å². The van der Waals surface area contributed by atoms with Crippen LogP contribution < -0.4 is 10.2 Å². The van der Waals surface area contributed by atoms with Crippen LogP contribution in [0.3, 0.4) is 0 Å². The highest BCUT2D eigenvalue weighted by molar-refractivity contribution is 5.93. The highest BCUT2D eigenvalue weighted by Gasteiger charge is 2.17. The quantitative estimate of drug-likeness (QED) is 0.527. The molecule has 4 rings (SSSR count). The first-order chi connectivity index (χ1) is 14.4. The second kappa shape index (κ2) is 7.79. The van der Waals surface area contributed by atoms with Gasteiger partial charge >= 0.3 is 5.97 Å². The molecule has 0 aliphatic carbocycles. The Labute approximate surface area is 169 Å². The van der Waals surface area contributed by atoms with Gasteiger partial charge in [-0.1, -0.05) is 30.3 Å². The van der Waals surface area contributed by atoms with Crippen LogP contribution in [0.25, 0.3) is 16.6 Å². The van der Waals surface area contributed by atoms with Crippen molar-refractivity contribution in [2.24, 2.45) is 0 Å². The summed E-state index contributed by atoms with van der Waals surface area (Å²) >= 11 is 0. The summed E-state index contributed by atoms with van der Waals surface area (Å²) in [6.45, 7) is 0.276. The highest BCUT2D eigenvalue weighted by Crippen LogP contribution is 2.24. The minimum Gasteiger partial charge on any atom is -0.489 e. The molecule has 0 atom stereocenters. The average molecular weight is 407 g/mol. The van der Waals surface area contributed by atoms with E-state index in [1.807, 2.05) is 30.3 Å². The third-order valence-corrected chi connectivity index (χ3v) is 4.58. The number of ether oxygens (including phenoxy) is 1. The van der Waals surface area contributed by atoms with E-state index in [-0.39, 0.29) is 23.2 Å². The molecule has 7 heteroatoms. The third-order valence-electron chi connectivity index (χ3n) is 4.58. The van der Waals surface area contributed by atoms with Gasteiger partial charge in [-0.05, 0) is 29.8 Å². The van der Waals surface area contributed by atoms with Crippen LogP contribution in [0.4, 0.5) is 8.78 Å². The number of carboxylic acid groups (broad SMARTS) is 1. The molecule has 30 heavy (non-hydrogen) atoms. The first kappa shape index (κ1) is 19.3. The Hall–Kier alpha value is -4.00. The predicted molar refractivity (Wildman–Crippen MR) is 107 cm³/mol. The summed E-state index contributed by atoms with van der Waals surface area (Å²) in [5.74, 6) is -2.67. The number of nitrogens with zero attached hydrogens (tertiary/aromatic N) is 1. The van der Waals surface area contributed by atoms with Crippen LogP contribution in [0.15, 0.2) is 77.7 Å². The molecule has 0 fully saturated rings. The second-order valence-corrected chi connectivity index (χ2v) is 6.63. The van der Waals surface area contributed by atoms with E-state index in [4.69, 9.17) is 4.74 Å². The molecule has 0 aliphatic heterocycles. The van der Waals surface area contributed by atoms with Gasteiger partial charge in [-0.15, -0.1) is 0 Å². The largest absolute Gasteiger partial charge is 0.489 e. The van der Waals surface area contributed by atoms with Gasteiger partial charge in [-0.25, -0.2) is 13.6 Å². The fourth-order valence-electron chi connectivity index (χ4n) is 3.18. The summed E-state index contributed by atoms with van der Waals surface area (Å²) in [4.78, 5) is 24.1. The predicted octanol–water partition coefficient (Wildman–Crippen LogP) is 4.55. The summed E-state index contributed by atoms with van der Waals surface area (Å²) in [5.41, 5.74) is 0.0366. The van der Waals surface area contributed by atoms with Gasteiger partial charge in [0.25, 0.3) is 0 Å². The third kappa shape index (κ3) is 3.77. The number of benzene rings is 3. The normalized spacial score (nSPS) is 10.9. The number of hydrogen-bond acceptors (Lipinski definition) is 3. The zero-order valence-corrected chi connectivity index (χ0v) is 15.5. The van der Waals surface area contributed by atoms with Crippen molar-refractivity contribution >= 4 is 16.9 Å².